The van der Waals surface area contributed by atoms with Crippen LogP contribution in [0.25, 0.3) is 0 Å². The molecule has 0 spiro atoms. The number of carbonyl (C=O) groups excluding carboxylic acids is 1. The Balaban J connectivity index is 2.06. The molecule has 1 N–H and O–H groups in total. The molecule has 1 amide bonds. The maximum absolute atomic E-state index is 11.9. The van der Waals surface area contributed by atoms with Crippen molar-refractivity contribution in [2.75, 3.05) is 6.61 Å². The van der Waals surface area contributed by atoms with E-state index in [0.29, 0.717) is 12.5 Å². The van der Waals surface area contributed by atoms with E-state index < -0.39 is 0 Å². The smallest absolute Gasteiger partial charge is 0.250 e. The second-order valence-electron chi connectivity index (χ2n) is 5.58. The predicted molar refractivity (Wildman–Crippen MR) is 76.3 cm³/mol. The van der Waals surface area contributed by atoms with Crippen LogP contribution < -0.4 is 5.32 Å². The lowest BCUT2D eigenvalue weighted by Crippen LogP contribution is -2.41. The van der Waals surface area contributed by atoms with Gasteiger partial charge in [0.2, 0.25) is 5.91 Å². The molecule has 0 aromatic carbocycles. The molecule has 4 nitrogen and oxygen atoms in total. The Morgan fingerprint density at radius 3 is 2.68 bits per heavy atom. The van der Waals surface area contributed by atoms with Gasteiger partial charge in [-0.25, -0.2) is 0 Å². The molecular formula is C15H26N2O2. The molecule has 0 aromatic rings. The molecule has 1 aliphatic carbocycles. The van der Waals surface area contributed by atoms with Crippen LogP contribution >= 0.6 is 0 Å². The van der Waals surface area contributed by atoms with E-state index in [1.807, 2.05) is 6.92 Å². The summed E-state index contributed by atoms with van der Waals surface area (Å²) in [6.45, 7) is 4.77. The van der Waals surface area contributed by atoms with Gasteiger partial charge in [0.1, 0.15) is 18.0 Å². The van der Waals surface area contributed by atoms with Gasteiger partial charge < -0.3 is 10.1 Å². The summed E-state index contributed by atoms with van der Waals surface area (Å²) in [5.41, 5.74) is 0. The lowest BCUT2D eigenvalue weighted by molar-refractivity contribution is -0.120. The molecule has 1 fully saturated rings. The van der Waals surface area contributed by atoms with Crippen molar-refractivity contribution in [1.82, 2.24) is 5.32 Å². The second kappa shape index (κ2) is 7.04. The lowest BCUT2D eigenvalue weighted by atomic mass is 9.84. The van der Waals surface area contributed by atoms with Crippen molar-refractivity contribution in [3.8, 4) is 0 Å². The highest BCUT2D eigenvalue weighted by Gasteiger charge is 2.35. The first kappa shape index (κ1) is 14.5. The van der Waals surface area contributed by atoms with Gasteiger partial charge in [-0.1, -0.05) is 32.6 Å². The molecule has 1 saturated carbocycles. The van der Waals surface area contributed by atoms with Crippen molar-refractivity contribution < 1.29 is 9.53 Å². The van der Waals surface area contributed by atoms with Crippen LogP contribution in [0.2, 0.25) is 0 Å². The maximum Gasteiger partial charge on any atom is 0.250 e. The lowest BCUT2D eigenvalue weighted by Gasteiger charge is -2.29. The minimum Gasteiger partial charge on any atom is -0.370 e. The number of hydrogen-bond acceptors (Lipinski definition) is 3. The van der Waals surface area contributed by atoms with Gasteiger partial charge in [0, 0.05) is 6.61 Å². The molecule has 0 bridgehead atoms. The zero-order valence-electron chi connectivity index (χ0n) is 12.2. The number of rotatable bonds is 6. The molecule has 0 saturated heterocycles. The molecule has 2 aliphatic rings. The highest BCUT2D eigenvalue weighted by atomic mass is 16.5. The fourth-order valence-electron chi connectivity index (χ4n) is 3.14. The minimum atomic E-state index is -0.188. The Labute approximate surface area is 116 Å². The quantitative estimate of drug-likeness (QED) is 0.803. The highest BCUT2D eigenvalue weighted by Crippen LogP contribution is 2.29. The van der Waals surface area contributed by atoms with Crippen molar-refractivity contribution in [3.63, 3.8) is 0 Å². The van der Waals surface area contributed by atoms with E-state index in [0.717, 1.165) is 18.7 Å². The number of amides is 1. The van der Waals surface area contributed by atoms with E-state index in [1.165, 1.54) is 32.1 Å². The molecule has 19 heavy (non-hydrogen) atoms. The maximum atomic E-state index is 11.9. The molecule has 108 valence electrons. The third kappa shape index (κ3) is 3.56. The Kier molecular flexibility index (Phi) is 5.37. The van der Waals surface area contributed by atoms with Gasteiger partial charge in [-0.15, -0.1) is 0 Å². The van der Waals surface area contributed by atoms with Crippen LogP contribution in [0.4, 0.5) is 0 Å². The van der Waals surface area contributed by atoms with E-state index >= 15 is 0 Å². The average Bonchev–Trinajstić information content (AvgIpc) is 2.79. The van der Waals surface area contributed by atoms with Gasteiger partial charge >= 0.3 is 0 Å². The van der Waals surface area contributed by atoms with Crippen LogP contribution in [0, 0.1) is 5.92 Å². The molecular weight excluding hydrogens is 240 g/mol. The van der Waals surface area contributed by atoms with Crippen LogP contribution in [0.15, 0.2) is 4.99 Å². The Bertz CT molecular complexity index is 335. The van der Waals surface area contributed by atoms with Crippen molar-refractivity contribution in [1.29, 1.82) is 0 Å². The topological polar surface area (TPSA) is 50.7 Å². The van der Waals surface area contributed by atoms with Crippen molar-refractivity contribution >= 4 is 11.7 Å². The number of hydrogen-bond donors (Lipinski definition) is 1. The molecule has 0 radical (unpaired) electrons. The SMILES string of the molecule is CCCC1N=C(C(OCC)C2CCCCC2)NC1=O. The number of nitrogens with zero attached hydrogens (tertiary/aromatic N) is 1. The fourth-order valence-corrected chi connectivity index (χ4v) is 3.14. The monoisotopic (exact) mass is 266 g/mol. The summed E-state index contributed by atoms with van der Waals surface area (Å²) < 4.78 is 5.89. The summed E-state index contributed by atoms with van der Waals surface area (Å²) in [6, 6.07) is -0.188. The van der Waals surface area contributed by atoms with Crippen LogP contribution in [0.3, 0.4) is 0 Å². The normalized spacial score (nSPS) is 26.1. The van der Waals surface area contributed by atoms with E-state index in [-0.39, 0.29) is 18.1 Å². The first-order chi connectivity index (χ1) is 9.26. The molecule has 1 aliphatic heterocycles. The van der Waals surface area contributed by atoms with Crippen molar-refractivity contribution in [2.24, 2.45) is 10.9 Å². The van der Waals surface area contributed by atoms with Crippen LogP contribution in [-0.4, -0.2) is 30.5 Å². The summed E-state index contributed by atoms with van der Waals surface area (Å²) in [5, 5.41) is 2.96. The minimum absolute atomic E-state index is 0.00361. The van der Waals surface area contributed by atoms with Gasteiger partial charge in [0.15, 0.2) is 0 Å². The van der Waals surface area contributed by atoms with Crippen LogP contribution in [0.1, 0.15) is 58.8 Å². The van der Waals surface area contributed by atoms with Gasteiger partial charge in [-0.3, -0.25) is 9.79 Å². The number of carbonyl (C=O) groups is 1. The zero-order chi connectivity index (χ0) is 13.7. The fraction of sp³-hybridized carbons (Fsp3) is 0.867. The Morgan fingerprint density at radius 1 is 1.32 bits per heavy atom. The summed E-state index contributed by atoms with van der Waals surface area (Å²) >= 11 is 0. The first-order valence-corrected chi connectivity index (χ1v) is 7.76. The van der Waals surface area contributed by atoms with Crippen LogP contribution in [-0.2, 0) is 9.53 Å². The van der Waals surface area contributed by atoms with Gasteiger partial charge in [0.25, 0.3) is 0 Å². The van der Waals surface area contributed by atoms with Gasteiger partial charge in [-0.05, 0) is 32.1 Å². The molecule has 4 heteroatoms. The first-order valence-electron chi connectivity index (χ1n) is 7.76. The summed E-state index contributed by atoms with van der Waals surface area (Å²) in [7, 11) is 0. The third-order valence-electron chi connectivity index (χ3n) is 4.10. The van der Waals surface area contributed by atoms with Gasteiger partial charge in [-0.2, -0.15) is 0 Å². The molecule has 2 atom stereocenters. The average molecular weight is 266 g/mol. The molecule has 2 unspecified atom stereocenters. The molecule has 0 aromatic heterocycles. The summed E-state index contributed by atoms with van der Waals surface area (Å²) in [6.07, 6.45) is 8.07. The number of nitrogens with one attached hydrogen (secondary N) is 1. The van der Waals surface area contributed by atoms with Crippen molar-refractivity contribution in [2.45, 2.75) is 70.9 Å². The number of aliphatic imine (C=N–C) groups is 1. The van der Waals surface area contributed by atoms with Crippen molar-refractivity contribution in [3.05, 3.63) is 0 Å². The van der Waals surface area contributed by atoms with E-state index in [4.69, 9.17) is 4.74 Å². The standard InChI is InChI=1S/C15H26N2O2/c1-3-8-12-15(18)17-14(16-12)13(19-4-2)11-9-6-5-7-10-11/h11-13H,3-10H2,1-2H3,(H,16,17,18). The summed E-state index contributed by atoms with van der Waals surface area (Å²) in [4.78, 5) is 16.5. The number of amidine groups is 1. The Morgan fingerprint density at radius 2 is 2.05 bits per heavy atom. The Hall–Kier alpha value is -0.900. The molecule has 1 heterocycles. The van der Waals surface area contributed by atoms with E-state index in [2.05, 4.69) is 17.2 Å². The second-order valence-corrected chi connectivity index (χ2v) is 5.58. The van der Waals surface area contributed by atoms with E-state index in [9.17, 15) is 4.79 Å². The summed E-state index contributed by atoms with van der Waals surface area (Å²) in [5.74, 6) is 1.36. The van der Waals surface area contributed by atoms with Crippen LogP contribution in [0.5, 0.6) is 0 Å². The van der Waals surface area contributed by atoms with Gasteiger partial charge in [0.05, 0.1) is 0 Å². The zero-order valence-corrected chi connectivity index (χ0v) is 12.2. The highest BCUT2D eigenvalue weighted by molar-refractivity contribution is 6.07. The largest absolute Gasteiger partial charge is 0.370 e. The number of ether oxygens (including phenoxy) is 1. The predicted octanol–water partition coefficient (Wildman–Crippen LogP) is 2.67. The van der Waals surface area contributed by atoms with E-state index in [1.54, 1.807) is 0 Å². The third-order valence-corrected chi connectivity index (χ3v) is 4.10. The molecule has 2 rings (SSSR count).